The van der Waals surface area contributed by atoms with Gasteiger partial charge in [0.15, 0.2) is 0 Å². The molecule has 0 N–H and O–H groups in total. The van der Waals surface area contributed by atoms with E-state index in [0.717, 1.165) is 6.42 Å². The van der Waals surface area contributed by atoms with E-state index in [-0.39, 0.29) is 24.8 Å². The molecule has 1 unspecified atom stereocenters. The number of thioether (sulfide) groups is 1. The number of rotatable bonds is 4. The smallest absolute Gasteiger partial charge is 1.00 e. The minimum absolute atomic E-state index is 0. The molecular formula is C16H21Cl2STi. The Balaban J connectivity index is 0.00000180. The van der Waals surface area contributed by atoms with Gasteiger partial charge in [-0.05, 0) is 0 Å². The zero-order valence-corrected chi connectivity index (χ0v) is 16.2. The normalized spacial score (nSPS) is 24.9. The summed E-state index contributed by atoms with van der Waals surface area (Å²) in [6.45, 7) is 6.80. The molecule has 0 aromatic heterocycles. The maximum Gasteiger partial charge on any atom is -1.00 e. The van der Waals surface area contributed by atoms with Gasteiger partial charge in [0.05, 0.1) is 0 Å². The molecule has 0 aromatic rings. The van der Waals surface area contributed by atoms with Crippen LogP contribution in [0.15, 0.2) is 44.9 Å². The van der Waals surface area contributed by atoms with Gasteiger partial charge in [-0.15, -0.1) is 0 Å². The average Bonchev–Trinajstić information content (AvgIpc) is 2.71. The summed E-state index contributed by atoms with van der Waals surface area (Å²) in [5.74, 6) is 1.19. The van der Waals surface area contributed by atoms with Crippen LogP contribution in [-0.4, -0.2) is 10.5 Å². The number of halogens is 2. The molecule has 0 saturated heterocycles. The van der Waals surface area contributed by atoms with Gasteiger partial charge in [0, 0.05) is 0 Å². The number of allylic oxidation sites excluding steroid dienone is 7. The van der Waals surface area contributed by atoms with Crippen molar-refractivity contribution in [2.75, 3.05) is 5.75 Å². The van der Waals surface area contributed by atoms with Crippen molar-refractivity contribution in [2.24, 2.45) is 0 Å². The van der Waals surface area contributed by atoms with Gasteiger partial charge in [-0.2, -0.15) is 0 Å². The third-order valence-corrected chi connectivity index (χ3v) is 6.14. The van der Waals surface area contributed by atoms with Crippen molar-refractivity contribution < 1.29 is 45.2 Å². The van der Waals surface area contributed by atoms with Gasteiger partial charge in [-0.25, -0.2) is 0 Å². The molecule has 2 aliphatic carbocycles. The van der Waals surface area contributed by atoms with Crippen LogP contribution in [0.5, 0.6) is 0 Å². The summed E-state index contributed by atoms with van der Waals surface area (Å²) in [5.41, 5.74) is 4.54. The van der Waals surface area contributed by atoms with Crippen LogP contribution in [0, 0.1) is 0 Å². The van der Waals surface area contributed by atoms with E-state index in [1.807, 2.05) is 0 Å². The molecule has 2 aliphatic rings. The van der Waals surface area contributed by atoms with E-state index in [1.165, 1.54) is 24.2 Å². The Labute approximate surface area is 151 Å². The molecule has 1 atom stereocenters. The van der Waals surface area contributed by atoms with Gasteiger partial charge in [0.1, 0.15) is 0 Å². The predicted molar refractivity (Wildman–Crippen MR) is 78.4 cm³/mol. The minimum Gasteiger partial charge on any atom is -1.00 e. The maximum absolute atomic E-state index is 2.41. The standard InChI is InChI=1S/C16H21S.2ClH.Ti/c1-4-17-16(12-15-7-5-6-8-15)10-9-13(2)11-14(16)3;;;/h5,7,9,11H,4,6,10,12H2,1-3H3;2*1H;/q;;;+2/p-2. The second-order valence-electron chi connectivity index (χ2n) is 5.19. The summed E-state index contributed by atoms with van der Waals surface area (Å²) >= 11 is 4.40. The molecule has 0 radical (unpaired) electrons. The summed E-state index contributed by atoms with van der Waals surface area (Å²) in [5, 5.41) is 0. The SMILES string of the molecule is CCSC1(CC2=[C]([Ti+2])CC=C2)CC=C(C)C=C1C.[Cl-].[Cl-]. The third-order valence-electron chi connectivity index (χ3n) is 3.84. The van der Waals surface area contributed by atoms with Gasteiger partial charge in [0.25, 0.3) is 0 Å². The van der Waals surface area contributed by atoms with E-state index in [1.54, 1.807) is 15.0 Å². The van der Waals surface area contributed by atoms with Gasteiger partial charge < -0.3 is 24.8 Å². The first-order valence-corrected chi connectivity index (χ1v) is 8.44. The Bertz CT molecular complexity index is 463. The van der Waals surface area contributed by atoms with Crippen molar-refractivity contribution in [1.82, 2.24) is 0 Å². The molecule has 4 heteroatoms. The largest absolute Gasteiger partial charge is 1.00 e. The Hall–Kier alpha value is 0.604. The molecule has 0 heterocycles. The zero-order chi connectivity index (χ0) is 13.2. The summed E-state index contributed by atoms with van der Waals surface area (Å²) in [6, 6.07) is 0. The first-order chi connectivity index (χ1) is 8.57. The van der Waals surface area contributed by atoms with Crippen LogP contribution in [0.25, 0.3) is 0 Å². The Morgan fingerprint density at radius 1 is 1.30 bits per heavy atom. The fourth-order valence-corrected chi connectivity index (χ4v) is 4.50. The molecule has 0 spiro atoms. The van der Waals surface area contributed by atoms with E-state index in [4.69, 9.17) is 0 Å². The average molecular weight is 364 g/mol. The minimum atomic E-state index is 0. The molecular weight excluding hydrogens is 343 g/mol. The second kappa shape index (κ2) is 8.90. The molecule has 20 heavy (non-hydrogen) atoms. The zero-order valence-electron chi connectivity index (χ0n) is 12.3. The van der Waals surface area contributed by atoms with Crippen molar-refractivity contribution in [3.05, 3.63) is 44.9 Å². The van der Waals surface area contributed by atoms with Crippen LogP contribution in [-0.2, 0) is 20.4 Å². The fourth-order valence-electron chi connectivity index (χ4n) is 2.75. The van der Waals surface area contributed by atoms with Crippen LogP contribution in [0.3, 0.4) is 0 Å². The topological polar surface area (TPSA) is 0 Å². The van der Waals surface area contributed by atoms with Crippen LogP contribution < -0.4 is 24.8 Å². The van der Waals surface area contributed by atoms with Crippen molar-refractivity contribution in [2.45, 2.75) is 44.8 Å². The quantitative estimate of drug-likeness (QED) is 0.573. The van der Waals surface area contributed by atoms with Gasteiger partial charge >= 0.3 is 128 Å². The molecule has 0 aliphatic heterocycles. The summed E-state index contributed by atoms with van der Waals surface area (Å²) in [6.07, 6.45) is 13.0. The van der Waals surface area contributed by atoms with E-state index >= 15 is 0 Å². The van der Waals surface area contributed by atoms with E-state index in [9.17, 15) is 0 Å². The molecule has 0 nitrogen and oxygen atoms in total. The molecule has 0 amide bonds. The van der Waals surface area contributed by atoms with Gasteiger partial charge in [-0.1, -0.05) is 0 Å². The first kappa shape index (κ1) is 20.6. The Morgan fingerprint density at radius 3 is 2.50 bits per heavy atom. The van der Waals surface area contributed by atoms with Crippen molar-refractivity contribution >= 4 is 11.8 Å². The molecule has 109 valence electrons. The molecule has 2 rings (SSSR count). The van der Waals surface area contributed by atoms with E-state index in [2.05, 4.69) is 77.3 Å². The van der Waals surface area contributed by atoms with Crippen LogP contribution in [0.2, 0.25) is 0 Å². The van der Waals surface area contributed by atoms with Gasteiger partial charge in [-0.3, -0.25) is 0 Å². The van der Waals surface area contributed by atoms with Crippen molar-refractivity contribution in [1.29, 1.82) is 0 Å². The number of hydrogen-bond acceptors (Lipinski definition) is 1. The monoisotopic (exact) mass is 363 g/mol. The summed E-state index contributed by atoms with van der Waals surface area (Å²) < 4.78 is 1.87. The summed E-state index contributed by atoms with van der Waals surface area (Å²) in [4.78, 5) is 0. The summed E-state index contributed by atoms with van der Waals surface area (Å²) in [7, 11) is 0. The molecule has 0 fully saturated rings. The molecule has 0 saturated carbocycles. The van der Waals surface area contributed by atoms with Crippen LogP contribution in [0.1, 0.15) is 40.0 Å². The van der Waals surface area contributed by atoms with E-state index in [0.29, 0.717) is 4.75 Å². The predicted octanol–water partition coefficient (Wildman–Crippen LogP) is -1.07. The van der Waals surface area contributed by atoms with Crippen molar-refractivity contribution in [3.63, 3.8) is 0 Å². The van der Waals surface area contributed by atoms with Crippen molar-refractivity contribution in [3.8, 4) is 0 Å². The number of hydrogen-bond donors (Lipinski definition) is 0. The van der Waals surface area contributed by atoms with Crippen LogP contribution >= 0.6 is 11.8 Å². The van der Waals surface area contributed by atoms with Crippen LogP contribution in [0.4, 0.5) is 0 Å². The first-order valence-electron chi connectivity index (χ1n) is 6.67. The second-order valence-corrected chi connectivity index (χ2v) is 7.78. The fraction of sp³-hybridized carbons (Fsp3) is 0.500. The third kappa shape index (κ3) is 4.55. The Kier molecular flexibility index (Phi) is 9.17. The van der Waals surface area contributed by atoms with E-state index < -0.39 is 0 Å². The van der Waals surface area contributed by atoms with Gasteiger partial charge in [0.2, 0.25) is 0 Å². The molecule has 0 aromatic carbocycles. The Morgan fingerprint density at radius 2 is 2.00 bits per heavy atom. The maximum atomic E-state index is 2.41. The molecule has 0 bridgehead atoms.